The molecule has 1 heterocycles. The van der Waals surface area contributed by atoms with E-state index in [0.717, 1.165) is 31.6 Å². The minimum absolute atomic E-state index is 0.0516. The van der Waals surface area contributed by atoms with Crippen molar-refractivity contribution in [2.75, 3.05) is 13.2 Å². The summed E-state index contributed by atoms with van der Waals surface area (Å²) in [6, 6.07) is 5.75. The van der Waals surface area contributed by atoms with Gasteiger partial charge in [-0.15, -0.1) is 0 Å². The highest BCUT2D eigenvalue weighted by Crippen LogP contribution is 2.24. The molecule has 0 aliphatic carbocycles. The predicted octanol–water partition coefficient (Wildman–Crippen LogP) is 2.76. The van der Waals surface area contributed by atoms with Crippen molar-refractivity contribution in [3.8, 4) is 5.75 Å². The van der Waals surface area contributed by atoms with Crippen molar-refractivity contribution in [2.45, 2.75) is 32.8 Å². The second kappa shape index (κ2) is 5.32. The molecule has 1 aliphatic heterocycles. The smallest absolute Gasteiger partial charge is 0.163 e. The summed E-state index contributed by atoms with van der Waals surface area (Å²) in [4.78, 5) is 11.6. The van der Waals surface area contributed by atoms with E-state index in [1.807, 2.05) is 25.1 Å². The van der Waals surface area contributed by atoms with Crippen molar-refractivity contribution in [3.05, 3.63) is 29.3 Å². The van der Waals surface area contributed by atoms with Crippen LogP contribution in [0, 0.1) is 6.92 Å². The number of carbonyl (C=O) groups is 1. The Labute approximate surface area is 102 Å². The maximum absolute atomic E-state index is 11.6. The number of carbonyl (C=O) groups excluding carboxylic acids is 1. The van der Waals surface area contributed by atoms with Gasteiger partial charge in [-0.3, -0.25) is 4.79 Å². The molecule has 2 rings (SSSR count). The van der Waals surface area contributed by atoms with Gasteiger partial charge in [0.25, 0.3) is 0 Å². The minimum Gasteiger partial charge on any atom is -0.489 e. The lowest BCUT2D eigenvalue weighted by Crippen LogP contribution is -2.26. The molecule has 1 aromatic rings. The standard InChI is InChI=1S/C14H18O3/c1-10-3-4-14(13(9-10)11(2)15)17-12-5-7-16-8-6-12/h3-4,9,12H,5-8H2,1-2H3. The van der Waals surface area contributed by atoms with E-state index in [1.54, 1.807) is 6.92 Å². The topological polar surface area (TPSA) is 35.5 Å². The Bertz CT molecular complexity index is 406. The number of rotatable bonds is 3. The van der Waals surface area contributed by atoms with Gasteiger partial charge in [-0.1, -0.05) is 11.6 Å². The third-order valence-corrected chi connectivity index (χ3v) is 2.98. The van der Waals surface area contributed by atoms with E-state index in [1.165, 1.54) is 0 Å². The van der Waals surface area contributed by atoms with E-state index < -0.39 is 0 Å². The zero-order valence-corrected chi connectivity index (χ0v) is 10.4. The van der Waals surface area contributed by atoms with Gasteiger partial charge in [0.15, 0.2) is 5.78 Å². The van der Waals surface area contributed by atoms with Crippen LogP contribution in [0.15, 0.2) is 18.2 Å². The Balaban J connectivity index is 2.16. The third-order valence-electron chi connectivity index (χ3n) is 2.98. The summed E-state index contributed by atoms with van der Waals surface area (Å²) in [6.07, 6.45) is 1.96. The quantitative estimate of drug-likeness (QED) is 0.754. The highest BCUT2D eigenvalue weighted by Gasteiger charge is 2.18. The predicted molar refractivity (Wildman–Crippen MR) is 65.7 cm³/mol. The second-order valence-electron chi connectivity index (χ2n) is 4.49. The first-order valence-corrected chi connectivity index (χ1v) is 6.03. The Kier molecular flexibility index (Phi) is 3.79. The molecule has 0 atom stereocenters. The fourth-order valence-electron chi connectivity index (χ4n) is 2.00. The molecular formula is C14H18O3. The number of benzene rings is 1. The minimum atomic E-state index is 0.0516. The Morgan fingerprint density at radius 2 is 2.06 bits per heavy atom. The summed E-state index contributed by atoms with van der Waals surface area (Å²) in [6.45, 7) is 5.04. The van der Waals surface area contributed by atoms with E-state index >= 15 is 0 Å². The van der Waals surface area contributed by atoms with Gasteiger partial charge >= 0.3 is 0 Å². The van der Waals surface area contributed by atoms with Gasteiger partial charge in [-0.05, 0) is 26.0 Å². The summed E-state index contributed by atoms with van der Waals surface area (Å²) < 4.78 is 11.2. The molecule has 0 amide bonds. The first kappa shape index (κ1) is 12.1. The highest BCUT2D eigenvalue weighted by molar-refractivity contribution is 5.97. The molecule has 1 aromatic carbocycles. The number of hydrogen-bond donors (Lipinski definition) is 0. The van der Waals surface area contributed by atoms with Crippen molar-refractivity contribution >= 4 is 5.78 Å². The zero-order valence-electron chi connectivity index (χ0n) is 10.4. The van der Waals surface area contributed by atoms with Crippen molar-refractivity contribution < 1.29 is 14.3 Å². The maximum atomic E-state index is 11.6. The van der Waals surface area contributed by atoms with Crippen LogP contribution in [-0.4, -0.2) is 25.1 Å². The molecule has 3 nitrogen and oxygen atoms in total. The first-order valence-electron chi connectivity index (χ1n) is 6.03. The fraction of sp³-hybridized carbons (Fsp3) is 0.500. The zero-order chi connectivity index (χ0) is 12.3. The van der Waals surface area contributed by atoms with E-state index in [-0.39, 0.29) is 11.9 Å². The van der Waals surface area contributed by atoms with Gasteiger partial charge in [0.1, 0.15) is 11.9 Å². The molecule has 0 aromatic heterocycles. The van der Waals surface area contributed by atoms with E-state index in [9.17, 15) is 4.79 Å². The molecule has 17 heavy (non-hydrogen) atoms. The molecule has 0 radical (unpaired) electrons. The van der Waals surface area contributed by atoms with Crippen molar-refractivity contribution in [3.63, 3.8) is 0 Å². The lowest BCUT2D eigenvalue weighted by molar-refractivity contribution is 0.0252. The van der Waals surface area contributed by atoms with Crippen LogP contribution >= 0.6 is 0 Å². The van der Waals surface area contributed by atoms with Crippen molar-refractivity contribution in [1.29, 1.82) is 0 Å². The highest BCUT2D eigenvalue weighted by atomic mass is 16.5. The number of hydrogen-bond acceptors (Lipinski definition) is 3. The van der Waals surface area contributed by atoms with Gasteiger partial charge in [0, 0.05) is 12.8 Å². The normalized spacial score (nSPS) is 16.8. The molecule has 0 saturated carbocycles. The van der Waals surface area contributed by atoms with Gasteiger partial charge in [0.2, 0.25) is 0 Å². The monoisotopic (exact) mass is 234 g/mol. The van der Waals surface area contributed by atoms with Crippen LogP contribution in [0.25, 0.3) is 0 Å². The summed E-state index contributed by atoms with van der Waals surface area (Å²) in [7, 11) is 0. The van der Waals surface area contributed by atoms with Crippen LogP contribution in [0.3, 0.4) is 0 Å². The Hall–Kier alpha value is -1.35. The fourth-order valence-corrected chi connectivity index (χ4v) is 2.00. The first-order chi connectivity index (χ1) is 8.16. The van der Waals surface area contributed by atoms with Gasteiger partial charge < -0.3 is 9.47 Å². The Morgan fingerprint density at radius 3 is 2.71 bits per heavy atom. The summed E-state index contributed by atoms with van der Waals surface area (Å²) >= 11 is 0. The van der Waals surface area contributed by atoms with E-state index in [4.69, 9.17) is 9.47 Å². The van der Waals surface area contributed by atoms with Crippen molar-refractivity contribution in [1.82, 2.24) is 0 Å². The molecule has 1 saturated heterocycles. The number of Topliss-reactive ketones (excluding diaryl/α,β-unsaturated/α-hetero) is 1. The molecule has 1 aliphatic rings. The number of ether oxygens (including phenoxy) is 2. The van der Waals surface area contributed by atoms with Crippen LogP contribution in [0.5, 0.6) is 5.75 Å². The molecule has 0 N–H and O–H groups in total. The van der Waals surface area contributed by atoms with Crippen LogP contribution in [-0.2, 0) is 4.74 Å². The van der Waals surface area contributed by atoms with Gasteiger partial charge in [-0.2, -0.15) is 0 Å². The number of ketones is 1. The van der Waals surface area contributed by atoms with E-state index in [2.05, 4.69) is 0 Å². The van der Waals surface area contributed by atoms with Gasteiger partial charge in [0.05, 0.1) is 18.8 Å². The van der Waals surface area contributed by atoms with Gasteiger partial charge in [-0.25, -0.2) is 0 Å². The number of aryl methyl sites for hydroxylation is 1. The SMILES string of the molecule is CC(=O)c1cc(C)ccc1OC1CCOCC1. The molecule has 0 unspecified atom stereocenters. The van der Waals surface area contributed by atoms with Crippen LogP contribution < -0.4 is 4.74 Å². The Morgan fingerprint density at radius 1 is 1.35 bits per heavy atom. The molecule has 0 spiro atoms. The van der Waals surface area contributed by atoms with Crippen molar-refractivity contribution in [2.24, 2.45) is 0 Å². The van der Waals surface area contributed by atoms with Crippen LogP contribution in [0.1, 0.15) is 35.7 Å². The largest absolute Gasteiger partial charge is 0.489 e. The average molecular weight is 234 g/mol. The molecule has 3 heteroatoms. The summed E-state index contributed by atoms with van der Waals surface area (Å²) in [5.41, 5.74) is 1.76. The third kappa shape index (κ3) is 3.07. The van der Waals surface area contributed by atoms with Crippen LogP contribution in [0.4, 0.5) is 0 Å². The molecular weight excluding hydrogens is 216 g/mol. The van der Waals surface area contributed by atoms with Crippen LogP contribution in [0.2, 0.25) is 0 Å². The maximum Gasteiger partial charge on any atom is 0.163 e. The summed E-state index contributed by atoms with van der Waals surface area (Å²) in [5.74, 6) is 0.755. The second-order valence-corrected chi connectivity index (χ2v) is 4.49. The van der Waals surface area contributed by atoms with E-state index in [0.29, 0.717) is 11.3 Å². The lowest BCUT2D eigenvalue weighted by Gasteiger charge is -2.24. The summed E-state index contributed by atoms with van der Waals surface area (Å²) in [5, 5.41) is 0. The molecule has 1 fully saturated rings. The molecule has 92 valence electrons. The molecule has 0 bridgehead atoms. The lowest BCUT2D eigenvalue weighted by atomic mass is 10.1. The average Bonchev–Trinajstić information content (AvgIpc) is 2.32.